The van der Waals surface area contributed by atoms with E-state index in [0.717, 1.165) is 16.2 Å². The predicted molar refractivity (Wildman–Crippen MR) is 93.0 cm³/mol. The van der Waals surface area contributed by atoms with Gasteiger partial charge in [-0.05, 0) is 30.9 Å². The van der Waals surface area contributed by atoms with Gasteiger partial charge in [-0.2, -0.15) is 0 Å². The Kier molecular flexibility index (Phi) is 6.10. The number of rotatable bonds is 6. The number of thiophene rings is 2. The maximum atomic E-state index is 12.2. The van der Waals surface area contributed by atoms with E-state index in [-0.39, 0.29) is 29.4 Å². The summed E-state index contributed by atoms with van der Waals surface area (Å²) in [7, 11) is 1.26. The number of nitrogens with one attached hydrogen (secondary N) is 1. The molecule has 0 bridgehead atoms. The van der Waals surface area contributed by atoms with Gasteiger partial charge >= 0.3 is 11.9 Å². The van der Waals surface area contributed by atoms with Crippen LogP contribution in [0.15, 0.2) is 17.5 Å². The highest BCUT2D eigenvalue weighted by Gasteiger charge is 2.27. The van der Waals surface area contributed by atoms with Crippen molar-refractivity contribution in [1.82, 2.24) is 0 Å². The molecule has 0 spiro atoms. The van der Waals surface area contributed by atoms with Crippen molar-refractivity contribution in [3.05, 3.63) is 38.4 Å². The minimum absolute atomic E-state index is 0.196. The van der Waals surface area contributed by atoms with E-state index in [1.54, 1.807) is 13.8 Å². The first-order valence-corrected chi connectivity index (χ1v) is 8.88. The molecule has 1 amide bonds. The molecular formula is C16H17NO5S2. The molecule has 0 saturated carbocycles. The van der Waals surface area contributed by atoms with Gasteiger partial charge in [-0.3, -0.25) is 4.79 Å². The lowest BCUT2D eigenvalue weighted by atomic mass is 10.1. The number of methoxy groups -OCH3 is 1. The third-order valence-electron chi connectivity index (χ3n) is 3.16. The Hall–Kier alpha value is -2.19. The summed E-state index contributed by atoms with van der Waals surface area (Å²) in [6.45, 7) is 3.52. The summed E-state index contributed by atoms with van der Waals surface area (Å²) in [5.41, 5.74) is 0.638. The van der Waals surface area contributed by atoms with Crippen molar-refractivity contribution < 1.29 is 23.9 Å². The van der Waals surface area contributed by atoms with Crippen LogP contribution in [-0.4, -0.2) is 31.6 Å². The third kappa shape index (κ3) is 4.01. The first kappa shape index (κ1) is 18.2. The van der Waals surface area contributed by atoms with Crippen LogP contribution >= 0.6 is 22.7 Å². The lowest BCUT2D eigenvalue weighted by molar-refractivity contribution is -0.115. The summed E-state index contributed by atoms with van der Waals surface area (Å²) in [5.74, 6) is -1.39. The van der Waals surface area contributed by atoms with Crippen LogP contribution < -0.4 is 5.32 Å². The number of ether oxygens (including phenoxy) is 2. The van der Waals surface area contributed by atoms with Crippen LogP contribution in [0.3, 0.4) is 0 Å². The van der Waals surface area contributed by atoms with E-state index in [1.807, 2.05) is 17.5 Å². The normalized spacial score (nSPS) is 10.3. The average Bonchev–Trinajstić information content (AvgIpc) is 3.14. The maximum absolute atomic E-state index is 12.2. The monoisotopic (exact) mass is 367 g/mol. The molecule has 2 aromatic rings. The number of hydrogen-bond donors (Lipinski definition) is 1. The van der Waals surface area contributed by atoms with Crippen molar-refractivity contribution in [2.24, 2.45) is 0 Å². The van der Waals surface area contributed by atoms with E-state index in [9.17, 15) is 14.4 Å². The molecule has 2 rings (SSSR count). The van der Waals surface area contributed by atoms with Gasteiger partial charge in [0.05, 0.1) is 25.7 Å². The molecule has 2 aromatic heterocycles. The fraction of sp³-hybridized carbons (Fsp3) is 0.312. The van der Waals surface area contributed by atoms with Crippen LogP contribution in [0.2, 0.25) is 0 Å². The summed E-state index contributed by atoms with van der Waals surface area (Å²) >= 11 is 2.48. The average molecular weight is 367 g/mol. The summed E-state index contributed by atoms with van der Waals surface area (Å²) in [5, 5.41) is 4.89. The quantitative estimate of drug-likeness (QED) is 0.793. The number of hydrogen-bond acceptors (Lipinski definition) is 7. The summed E-state index contributed by atoms with van der Waals surface area (Å²) in [6, 6.07) is 3.72. The van der Waals surface area contributed by atoms with Crippen LogP contribution in [0, 0.1) is 6.92 Å². The predicted octanol–water partition coefficient (Wildman–Crippen LogP) is 3.26. The van der Waals surface area contributed by atoms with Crippen molar-refractivity contribution in [1.29, 1.82) is 0 Å². The highest BCUT2D eigenvalue weighted by Crippen LogP contribution is 2.34. The molecule has 0 unspecified atom stereocenters. The molecular weight excluding hydrogens is 350 g/mol. The van der Waals surface area contributed by atoms with Gasteiger partial charge in [0.1, 0.15) is 9.88 Å². The fourth-order valence-electron chi connectivity index (χ4n) is 2.08. The van der Waals surface area contributed by atoms with Gasteiger partial charge in [-0.25, -0.2) is 9.59 Å². The Labute approximate surface area is 147 Å². The Morgan fingerprint density at radius 1 is 1.25 bits per heavy atom. The molecule has 0 aliphatic heterocycles. The minimum atomic E-state index is -0.576. The van der Waals surface area contributed by atoms with Crippen LogP contribution in [0.1, 0.15) is 37.4 Å². The van der Waals surface area contributed by atoms with Crippen molar-refractivity contribution in [2.45, 2.75) is 20.3 Å². The number of carbonyl (C=O) groups excluding carboxylic acids is 3. The van der Waals surface area contributed by atoms with Crippen molar-refractivity contribution >= 4 is 45.5 Å². The molecule has 6 nitrogen and oxygen atoms in total. The smallest absolute Gasteiger partial charge is 0.348 e. The zero-order valence-corrected chi connectivity index (χ0v) is 15.1. The third-order valence-corrected chi connectivity index (χ3v) is 5.23. The van der Waals surface area contributed by atoms with Gasteiger partial charge in [-0.1, -0.05) is 6.07 Å². The SMILES string of the molecule is CCOC(=O)c1c(NC(=O)Cc2cccs2)sc(C(=O)OC)c1C. The van der Waals surface area contributed by atoms with Gasteiger partial charge in [0.15, 0.2) is 0 Å². The summed E-state index contributed by atoms with van der Waals surface area (Å²) in [4.78, 5) is 37.4. The van der Waals surface area contributed by atoms with Crippen LogP contribution in [-0.2, 0) is 20.7 Å². The topological polar surface area (TPSA) is 81.7 Å². The first-order chi connectivity index (χ1) is 11.5. The van der Waals surface area contributed by atoms with Crippen LogP contribution in [0.4, 0.5) is 5.00 Å². The van der Waals surface area contributed by atoms with Crippen molar-refractivity contribution in [2.75, 3.05) is 19.0 Å². The molecule has 0 aliphatic rings. The Morgan fingerprint density at radius 2 is 2.00 bits per heavy atom. The van der Waals surface area contributed by atoms with E-state index in [1.165, 1.54) is 18.4 Å². The van der Waals surface area contributed by atoms with E-state index >= 15 is 0 Å². The lowest BCUT2D eigenvalue weighted by Crippen LogP contribution is -2.16. The molecule has 0 radical (unpaired) electrons. The van der Waals surface area contributed by atoms with Crippen molar-refractivity contribution in [3.8, 4) is 0 Å². The largest absolute Gasteiger partial charge is 0.465 e. The van der Waals surface area contributed by atoms with E-state index in [4.69, 9.17) is 9.47 Å². The number of esters is 2. The second-order valence-electron chi connectivity index (χ2n) is 4.78. The van der Waals surface area contributed by atoms with Gasteiger partial charge in [-0.15, -0.1) is 22.7 Å². The van der Waals surface area contributed by atoms with Gasteiger partial charge in [0, 0.05) is 4.88 Å². The second kappa shape index (κ2) is 8.07. The Morgan fingerprint density at radius 3 is 2.58 bits per heavy atom. The standard InChI is InChI=1S/C16H17NO5S2/c1-4-22-15(19)12-9(2)13(16(20)21-3)24-14(12)17-11(18)8-10-6-5-7-23-10/h5-7H,4,8H2,1-3H3,(H,17,18). The summed E-state index contributed by atoms with van der Waals surface area (Å²) in [6.07, 6.45) is 0.199. The number of anilines is 1. The molecule has 2 heterocycles. The van der Waals surface area contributed by atoms with Gasteiger partial charge in [0.25, 0.3) is 0 Å². The fourth-order valence-corrected chi connectivity index (χ4v) is 3.91. The number of amides is 1. The molecule has 128 valence electrons. The highest BCUT2D eigenvalue weighted by atomic mass is 32.1. The molecule has 0 fully saturated rings. The molecule has 0 aliphatic carbocycles. The van der Waals surface area contributed by atoms with Gasteiger partial charge in [0.2, 0.25) is 5.91 Å². The van der Waals surface area contributed by atoms with E-state index < -0.39 is 11.9 Å². The molecule has 0 aromatic carbocycles. The minimum Gasteiger partial charge on any atom is -0.465 e. The molecule has 8 heteroatoms. The number of carbonyl (C=O) groups is 3. The second-order valence-corrected chi connectivity index (χ2v) is 6.83. The van der Waals surface area contributed by atoms with Crippen LogP contribution in [0.5, 0.6) is 0 Å². The van der Waals surface area contributed by atoms with E-state index in [0.29, 0.717) is 10.6 Å². The Balaban J connectivity index is 2.30. The summed E-state index contributed by atoms with van der Waals surface area (Å²) < 4.78 is 9.75. The van der Waals surface area contributed by atoms with E-state index in [2.05, 4.69) is 5.32 Å². The zero-order chi connectivity index (χ0) is 17.7. The Bertz CT molecular complexity index is 749. The van der Waals surface area contributed by atoms with Gasteiger partial charge < -0.3 is 14.8 Å². The lowest BCUT2D eigenvalue weighted by Gasteiger charge is -2.06. The molecule has 0 saturated heterocycles. The first-order valence-electron chi connectivity index (χ1n) is 7.19. The molecule has 0 atom stereocenters. The van der Waals surface area contributed by atoms with Crippen molar-refractivity contribution in [3.63, 3.8) is 0 Å². The van der Waals surface area contributed by atoms with Crippen LogP contribution in [0.25, 0.3) is 0 Å². The highest BCUT2D eigenvalue weighted by molar-refractivity contribution is 7.18. The maximum Gasteiger partial charge on any atom is 0.348 e. The molecule has 1 N–H and O–H groups in total. The zero-order valence-electron chi connectivity index (χ0n) is 13.5. The molecule has 24 heavy (non-hydrogen) atoms.